The first kappa shape index (κ1) is 17.0. The molecule has 0 bridgehead atoms. The quantitative estimate of drug-likeness (QED) is 0.776. The second-order valence-electron chi connectivity index (χ2n) is 5.41. The standard InChI is InChI=1S/C16H27N3O3/c1-4-18(19-8-10-21-11-9-19)7-6-14-15(13(3)12-17-14)16(20)22-5-2/h12,17H,4-11H2,1-3H3. The van der Waals surface area contributed by atoms with Gasteiger partial charge in [-0.1, -0.05) is 6.92 Å². The average Bonchev–Trinajstić information content (AvgIpc) is 2.90. The fourth-order valence-corrected chi connectivity index (χ4v) is 2.84. The molecule has 1 aliphatic rings. The molecule has 1 aromatic rings. The molecule has 124 valence electrons. The van der Waals surface area contributed by atoms with Gasteiger partial charge in [-0.15, -0.1) is 0 Å². The van der Waals surface area contributed by atoms with Crippen LogP contribution in [0, 0.1) is 6.92 Å². The van der Waals surface area contributed by atoms with E-state index in [9.17, 15) is 4.79 Å². The van der Waals surface area contributed by atoms with Crippen LogP contribution in [0.2, 0.25) is 0 Å². The maximum Gasteiger partial charge on any atom is 0.340 e. The number of aromatic nitrogens is 1. The monoisotopic (exact) mass is 309 g/mol. The van der Waals surface area contributed by atoms with Crippen molar-refractivity contribution in [3.05, 3.63) is 23.0 Å². The van der Waals surface area contributed by atoms with Crippen LogP contribution in [0.5, 0.6) is 0 Å². The van der Waals surface area contributed by atoms with Crippen molar-refractivity contribution in [1.29, 1.82) is 0 Å². The van der Waals surface area contributed by atoms with E-state index in [-0.39, 0.29) is 5.97 Å². The van der Waals surface area contributed by atoms with E-state index in [0.29, 0.717) is 12.2 Å². The van der Waals surface area contributed by atoms with E-state index in [0.717, 1.165) is 57.1 Å². The van der Waals surface area contributed by atoms with Crippen LogP contribution in [0.4, 0.5) is 0 Å². The van der Waals surface area contributed by atoms with Crippen molar-refractivity contribution in [2.24, 2.45) is 0 Å². The lowest BCUT2D eigenvalue weighted by atomic mass is 10.1. The highest BCUT2D eigenvalue weighted by Crippen LogP contribution is 2.16. The molecule has 0 aromatic carbocycles. The molecule has 6 nitrogen and oxygen atoms in total. The zero-order valence-corrected chi connectivity index (χ0v) is 13.9. The lowest BCUT2D eigenvalue weighted by Gasteiger charge is -2.36. The van der Waals surface area contributed by atoms with Crippen LogP contribution in [0.1, 0.15) is 35.5 Å². The van der Waals surface area contributed by atoms with Gasteiger partial charge in [0.1, 0.15) is 0 Å². The number of carbonyl (C=O) groups excluding carboxylic acids is 1. The van der Waals surface area contributed by atoms with Crippen LogP contribution < -0.4 is 0 Å². The third-order valence-electron chi connectivity index (χ3n) is 4.01. The van der Waals surface area contributed by atoms with Gasteiger partial charge >= 0.3 is 5.97 Å². The molecular weight excluding hydrogens is 282 g/mol. The first-order valence-corrected chi connectivity index (χ1v) is 8.08. The van der Waals surface area contributed by atoms with Crippen LogP contribution in [-0.4, -0.2) is 67.0 Å². The summed E-state index contributed by atoms with van der Waals surface area (Å²) < 4.78 is 10.6. The molecule has 0 saturated carbocycles. The minimum Gasteiger partial charge on any atom is -0.462 e. The number of nitrogens with zero attached hydrogens (tertiary/aromatic N) is 2. The van der Waals surface area contributed by atoms with Crippen molar-refractivity contribution in [3.8, 4) is 0 Å². The maximum absolute atomic E-state index is 12.1. The van der Waals surface area contributed by atoms with Gasteiger partial charge in [-0.25, -0.2) is 14.8 Å². The lowest BCUT2D eigenvalue weighted by Crippen LogP contribution is -2.49. The van der Waals surface area contributed by atoms with Gasteiger partial charge in [0.2, 0.25) is 0 Å². The van der Waals surface area contributed by atoms with Crippen LogP contribution in [0.3, 0.4) is 0 Å². The molecule has 6 heteroatoms. The predicted molar refractivity (Wildman–Crippen MR) is 84.8 cm³/mol. The predicted octanol–water partition coefficient (Wildman–Crippen LogP) is 1.61. The molecule has 2 heterocycles. The highest BCUT2D eigenvalue weighted by atomic mass is 16.5. The van der Waals surface area contributed by atoms with E-state index < -0.39 is 0 Å². The van der Waals surface area contributed by atoms with Gasteiger partial charge in [0.25, 0.3) is 0 Å². The van der Waals surface area contributed by atoms with Crippen molar-refractivity contribution in [1.82, 2.24) is 15.0 Å². The Morgan fingerprint density at radius 1 is 1.41 bits per heavy atom. The van der Waals surface area contributed by atoms with E-state index in [1.54, 1.807) is 0 Å². The van der Waals surface area contributed by atoms with Crippen molar-refractivity contribution in [2.75, 3.05) is 46.0 Å². The van der Waals surface area contributed by atoms with Gasteiger partial charge in [-0.05, 0) is 19.4 Å². The number of carbonyl (C=O) groups is 1. The van der Waals surface area contributed by atoms with Gasteiger partial charge in [0.05, 0.1) is 25.4 Å². The Morgan fingerprint density at radius 3 is 2.77 bits per heavy atom. The molecule has 0 radical (unpaired) electrons. The normalized spacial score (nSPS) is 16.2. The molecule has 1 fully saturated rings. The Balaban J connectivity index is 1.99. The first-order chi connectivity index (χ1) is 10.7. The van der Waals surface area contributed by atoms with Crippen LogP contribution in [0.25, 0.3) is 0 Å². The van der Waals surface area contributed by atoms with Crippen LogP contribution >= 0.6 is 0 Å². The number of aromatic amines is 1. The van der Waals surface area contributed by atoms with Gasteiger partial charge in [-0.2, -0.15) is 0 Å². The van der Waals surface area contributed by atoms with Gasteiger partial charge in [0.15, 0.2) is 0 Å². The topological polar surface area (TPSA) is 57.8 Å². The third-order valence-corrected chi connectivity index (χ3v) is 4.01. The fourth-order valence-electron chi connectivity index (χ4n) is 2.84. The smallest absolute Gasteiger partial charge is 0.340 e. The zero-order valence-electron chi connectivity index (χ0n) is 13.9. The molecule has 0 atom stereocenters. The number of esters is 1. The summed E-state index contributed by atoms with van der Waals surface area (Å²) in [7, 11) is 0. The summed E-state index contributed by atoms with van der Waals surface area (Å²) in [5, 5.41) is 4.66. The molecule has 0 aliphatic carbocycles. The number of aryl methyl sites for hydroxylation is 1. The average molecular weight is 309 g/mol. The number of ether oxygens (including phenoxy) is 2. The minimum atomic E-state index is -0.231. The van der Waals surface area contributed by atoms with Crippen molar-refractivity contribution in [2.45, 2.75) is 27.2 Å². The second-order valence-corrected chi connectivity index (χ2v) is 5.41. The van der Waals surface area contributed by atoms with E-state index in [1.165, 1.54) is 0 Å². The van der Waals surface area contributed by atoms with E-state index >= 15 is 0 Å². The summed E-state index contributed by atoms with van der Waals surface area (Å²) in [5.74, 6) is -0.231. The minimum absolute atomic E-state index is 0.231. The summed E-state index contributed by atoms with van der Waals surface area (Å²) >= 11 is 0. The van der Waals surface area contributed by atoms with Crippen LogP contribution in [-0.2, 0) is 15.9 Å². The summed E-state index contributed by atoms with van der Waals surface area (Å²) in [4.78, 5) is 15.3. The summed E-state index contributed by atoms with van der Waals surface area (Å²) in [6, 6.07) is 0. The Labute approximate surface area is 132 Å². The van der Waals surface area contributed by atoms with Gasteiger partial charge in [-0.3, -0.25) is 0 Å². The molecule has 1 aliphatic heterocycles. The lowest BCUT2D eigenvalue weighted by molar-refractivity contribution is -0.0869. The number of hydrogen-bond acceptors (Lipinski definition) is 5. The van der Waals surface area contributed by atoms with Crippen molar-refractivity contribution >= 4 is 5.97 Å². The molecule has 1 N–H and O–H groups in total. The molecule has 22 heavy (non-hydrogen) atoms. The number of hydrogen-bond donors (Lipinski definition) is 1. The summed E-state index contributed by atoms with van der Waals surface area (Å²) in [5.41, 5.74) is 2.60. The Morgan fingerprint density at radius 2 is 2.14 bits per heavy atom. The molecule has 0 spiro atoms. The maximum atomic E-state index is 12.1. The second kappa shape index (κ2) is 8.31. The fraction of sp³-hybridized carbons (Fsp3) is 0.688. The number of H-pyrrole nitrogens is 1. The first-order valence-electron chi connectivity index (χ1n) is 8.08. The Hall–Kier alpha value is -1.37. The molecule has 1 aromatic heterocycles. The van der Waals surface area contributed by atoms with Crippen LogP contribution in [0.15, 0.2) is 6.20 Å². The van der Waals surface area contributed by atoms with E-state index in [4.69, 9.17) is 9.47 Å². The number of morpholine rings is 1. The number of likely N-dealkylation sites (N-methyl/N-ethyl adjacent to an activating group) is 1. The number of hydrazine groups is 1. The third kappa shape index (κ3) is 4.09. The molecule has 0 unspecified atom stereocenters. The number of nitrogens with one attached hydrogen (secondary N) is 1. The summed E-state index contributed by atoms with van der Waals surface area (Å²) in [6.45, 7) is 11.6. The van der Waals surface area contributed by atoms with Gasteiger partial charge < -0.3 is 14.5 Å². The van der Waals surface area contributed by atoms with Crippen molar-refractivity contribution < 1.29 is 14.3 Å². The molecule has 2 rings (SSSR count). The van der Waals surface area contributed by atoms with Gasteiger partial charge in [0, 0.05) is 44.5 Å². The summed E-state index contributed by atoms with van der Waals surface area (Å²) in [6.07, 6.45) is 2.68. The Kier molecular flexibility index (Phi) is 6.42. The van der Waals surface area contributed by atoms with E-state index in [1.807, 2.05) is 20.0 Å². The highest BCUT2D eigenvalue weighted by Gasteiger charge is 2.20. The molecule has 1 saturated heterocycles. The largest absolute Gasteiger partial charge is 0.462 e. The zero-order chi connectivity index (χ0) is 15.9. The SMILES string of the molecule is CCOC(=O)c1c(C)c[nH]c1CCN(CC)N1CCOCC1. The Bertz CT molecular complexity index is 481. The van der Waals surface area contributed by atoms with E-state index in [2.05, 4.69) is 21.9 Å². The van der Waals surface area contributed by atoms with Crippen molar-refractivity contribution in [3.63, 3.8) is 0 Å². The molecular formula is C16H27N3O3. The number of rotatable bonds is 7. The highest BCUT2D eigenvalue weighted by molar-refractivity contribution is 5.92. The molecule has 0 amide bonds.